The molecule has 2 atom stereocenters. The van der Waals surface area contributed by atoms with Crippen LogP contribution in [0.25, 0.3) is 21.9 Å². The second kappa shape index (κ2) is 15.3. The SMILES string of the molecule is O=C(Cc1ccc2ccccc2c1)N[C@@H]1C[C@H]2COc3cccc(c3)-c3cncc(c3)C(=O)NCCN(CCc3ccccc3)CC(=O)N2C1. The molecule has 3 heterocycles. The van der Waals surface area contributed by atoms with Crippen molar-refractivity contribution >= 4 is 28.5 Å². The van der Waals surface area contributed by atoms with Gasteiger partial charge in [-0.2, -0.15) is 0 Å². The van der Waals surface area contributed by atoms with Crippen LogP contribution in [0.2, 0.25) is 0 Å². The van der Waals surface area contributed by atoms with Crippen molar-refractivity contribution < 1.29 is 19.1 Å². The first kappa shape index (κ1) is 33.0. The third-order valence-corrected chi connectivity index (χ3v) is 9.52. The van der Waals surface area contributed by atoms with Gasteiger partial charge in [0.1, 0.15) is 12.4 Å². The van der Waals surface area contributed by atoms with Gasteiger partial charge in [-0.3, -0.25) is 24.3 Å². The highest BCUT2D eigenvalue weighted by Gasteiger charge is 2.37. The summed E-state index contributed by atoms with van der Waals surface area (Å²) in [4.78, 5) is 48.8. The van der Waals surface area contributed by atoms with Gasteiger partial charge in [0.2, 0.25) is 11.8 Å². The molecule has 0 unspecified atom stereocenters. The van der Waals surface area contributed by atoms with Crippen molar-refractivity contribution in [2.45, 2.75) is 31.3 Å². The first-order valence-electron chi connectivity index (χ1n) is 17.3. The maximum Gasteiger partial charge on any atom is 0.252 e. The van der Waals surface area contributed by atoms with E-state index in [9.17, 15) is 14.4 Å². The fourth-order valence-electron chi connectivity index (χ4n) is 6.89. The van der Waals surface area contributed by atoms with Crippen LogP contribution in [0.3, 0.4) is 0 Å². The number of ether oxygens (including phenoxy) is 1. The Hall–Kier alpha value is -5.54. The Morgan fingerprint density at radius 2 is 1.66 bits per heavy atom. The lowest BCUT2D eigenvalue weighted by molar-refractivity contribution is -0.134. The molecule has 1 fully saturated rings. The van der Waals surface area contributed by atoms with Crippen LogP contribution >= 0.6 is 0 Å². The van der Waals surface area contributed by atoms with Crippen molar-refractivity contribution in [3.05, 3.63) is 132 Å². The van der Waals surface area contributed by atoms with E-state index in [1.165, 1.54) is 5.56 Å². The largest absolute Gasteiger partial charge is 0.491 e. The quantitative estimate of drug-likeness (QED) is 0.267. The molecule has 50 heavy (non-hydrogen) atoms. The minimum absolute atomic E-state index is 0.0295. The van der Waals surface area contributed by atoms with Gasteiger partial charge in [0.15, 0.2) is 0 Å². The summed E-state index contributed by atoms with van der Waals surface area (Å²) in [6.45, 7) is 2.39. The number of hydrogen-bond acceptors (Lipinski definition) is 6. The minimum Gasteiger partial charge on any atom is -0.491 e. The molecule has 0 spiro atoms. The number of nitrogens with one attached hydrogen (secondary N) is 2. The molecule has 7 rings (SSSR count). The lowest BCUT2D eigenvalue weighted by Gasteiger charge is -2.29. The van der Waals surface area contributed by atoms with Gasteiger partial charge in [0, 0.05) is 50.2 Å². The van der Waals surface area contributed by atoms with Gasteiger partial charge in [-0.05, 0) is 58.5 Å². The van der Waals surface area contributed by atoms with Gasteiger partial charge in [0.25, 0.3) is 5.91 Å². The lowest BCUT2D eigenvalue weighted by atomic mass is 10.0. The molecule has 9 nitrogen and oxygen atoms in total. The lowest BCUT2D eigenvalue weighted by Crippen LogP contribution is -2.47. The summed E-state index contributed by atoms with van der Waals surface area (Å²) in [5, 5.41) is 8.47. The Kier molecular flexibility index (Phi) is 10.1. The standard InChI is InChI=1S/C41H41N5O4/c47-39(20-30-13-14-31-9-4-5-10-32(31)19-30)44-36-23-37-28-50-38-12-6-11-33(22-38)34-21-35(25-42-24-34)41(49)43-16-18-45(27-40(48)46(37)26-36)17-15-29-7-2-1-3-8-29/h1-14,19,21-22,24-25,36-37H,15-18,20,23,26-28H2,(H,43,49)(H,44,47)/t36-,37+/m1/s1. The second-order valence-electron chi connectivity index (χ2n) is 13.1. The number of pyridine rings is 1. The molecule has 0 radical (unpaired) electrons. The fourth-order valence-corrected chi connectivity index (χ4v) is 6.89. The highest BCUT2D eigenvalue weighted by Crippen LogP contribution is 2.26. The number of carbonyl (C=O) groups excluding carboxylic acids is 3. The molecule has 1 saturated heterocycles. The van der Waals surface area contributed by atoms with Crippen molar-refractivity contribution in [2.24, 2.45) is 0 Å². The monoisotopic (exact) mass is 667 g/mol. The smallest absolute Gasteiger partial charge is 0.252 e. The molecule has 1 aromatic heterocycles. The molecule has 9 heteroatoms. The van der Waals surface area contributed by atoms with E-state index >= 15 is 0 Å². The summed E-state index contributed by atoms with van der Waals surface area (Å²) in [7, 11) is 0. The van der Waals surface area contributed by atoms with Gasteiger partial charge in [-0.1, -0.05) is 84.9 Å². The number of rotatable bonds is 6. The summed E-state index contributed by atoms with van der Waals surface area (Å²) >= 11 is 0. The summed E-state index contributed by atoms with van der Waals surface area (Å²) in [5.74, 6) is 0.338. The number of hydrogen-bond donors (Lipinski definition) is 2. The van der Waals surface area contributed by atoms with Crippen LogP contribution in [0.4, 0.5) is 0 Å². The summed E-state index contributed by atoms with van der Waals surface area (Å²) in [6.07, 6.45) is 4.91. The summed E-state index contributed by atoms with van der Waals surface area (Å²) < 4.78 is 6.33. The zero-order chi connectivity index (χ0) is 34.3. The maximum atomic E-state index is 14.1. The number of amides is 3. The molecule has 2 aliphatic heterocycles. The second-order valence-corrected chi connectivity index (χ2v) is 13.1. The molecule has 2 N–H and O–H groups in total. The third kappa shape index (κ3) is 8.18. The van der Waals surface area contributed by atoms with Crippen molar-refractivity contribution in [3.63, 3.8) is 0 Å². The average Bonchev–Trinajstić information content (AvgIpc) is 3.55. The third-order valence-electron chi connectivity index (χ3n) is 9.52. The van der Waals surface area contributed by atoms with Crippen molar-refractivity contribution in [1.82, 2.24) is 25.4 Å². The summed E-state index contributed by atoms with van der Waals surface area (Å²) in [6, 6.07) is 33.5. The number of fused-ring (bicyclic) bond motifs is 7. The Balaban J connectivity index is 1.10. The summed E-state index contributed by atoms with van der Waals surface area (Å²) in [5.41, 5.74) is 4.28. The van der Waals surface area contributed by atoms with E-state index in [0.29, 0.717) is 43.9 Å². The average molecular weight is 668 g/mol. The Labute approximate surface area is 292 Å². The van der Waals surface area contributed by atoms with Crippen LogP contribution in [0.1, 0.15) is 27.9 Å². The molecule has 4 bridgehead atoms. The van der Waals surface area contributed by atoms with Crippen LogP contribution in [0.15, 0.2) is 116 Å². The molecule has 4 aromatic carbocycles. The fraction of sp³-hybridized carbons (Fsp3) is 0.268. The van der Waals surface area contributed by atoms with Crippen molar-refractivity contribution in [1.29, 1.82) is 0 Å². The molecule has 254 valence electrons. The van der Waals surface area contributed by atoms with Gasteiger partial charge in [-0.25, -0.2) is 0 Å². The van der Waals surface area contributed by atoms with E-state index in [4.69, 9.17) is 4.74 Å². The predicted molar refractivity (Wildman–Crippen MR) is 194 cm³/mol. The van der Waals surface area contributed by atoms with Crippen LogP contribution < -0.4 is 15.4 Å². The maximum absolute atomic E-state index is 14.1. The molecule has 0 saturated carbocycles. The Morgan fingerprint density at radius 3 is 2.54 bits per heavy atom. The number of nitrogens with zero attached hydrogens (tertiary/aromatic N) is 3. The highest BCUT2D eigenvalue weighted by molar-refractivity contribution is 5.95. The van der Waals surface area contributed by atoms with E-state index in [-0.39, 0.29) is 49.4 Å². The molecule has 2 aliphatic rings. The van der Waals surface area contributed by atoms with Gasteiger partial charge < -0.3 is 20.3 Å². The first-order valence-corrected chi connectivity index (χ1v) is 17.3. The van der Waals surface area contributed by atoms with Crippen LogP contribution in [0.5, 0.6) is 5.75 Å². The van der Waals surface area contributed by atoms with E-state index in [1.54, 1.807) is 12.4 Å². The Bertz CT molecular complexity index is 1980. The van der Waals surface area contributed by atoms with Gasteiger partial charge >= 0.3 is 0 Å². The zero-order valence-electron chi connectivity index (χ0n) is 28.0. The van der Waals surface area contributed by atoms with E-state index < -0.39 is 0 Å². The van der Waals surface area contributed by atoms with Crippen LogP contribution in [0, 0.1) is 0 Å². The normalized spacial score (nSPS) is 18.5. The molecule has 5 aromatic rings. The number of benzene rings is 4. The molecular formula is C41H41N5O4. The Morgan fingerprint density at radius 1 is 0.840 bits per heavy atom. The highest BCUT2D eigenvalue weighted by atomic mass is 16.5. The number of aromatic nitrogens is 1. The molecule has 3 amide bonds. The molecular weight excluding hydrogens is 626 g/mol. The topological polar surface area (TPSA) is 104 Å². The van der Waals surface area contributed by atoms with Crippen LogP contribution in [-0.2, 0) is 22.4 Å². The molecule has 0 aliphatic carbocycles. The number of carbonyl (C=O) groups is 3. The van der Waals surface area contributed by atoms with Gasteiger partial charge in [0.05, 0.1) is 24.6 Å². The first-order chi connectivity index (χ1) is 24.5. The van der Waals surface area contributed by atoms with Gasteiger partial charge in [-0.15, -0.1) is 0 Å². The van der Waals surface area contributed by atoms with E-state index in [1.807, 2.05) is 77.7 Å². The van der Waals surface area contributed by atoms with Crippen molar-refractivity contribution in [2.75, 3.05) is 39.3 Å². The predicted octanol–water partition coefficient (Wildman–Crippen LogP) is 4.90. The van der Waals surface area contributed by atoms with Crippen molar-refractivity contribution in [3.8, 4) is 16.9 Å². The minimum atomic E-state index is -0.228. The zero-order valence-corrected chi connectivity index (χ0v) is 28.0. The van der Waals surface area contributed by atoms with Crippen LogP contribution in [-0.4, -0.2) is 83.9 Å². The van der Waals surface area contributed by atoms with E-state index in [0.717, 1.165) is 33.9 Å². The van der Waals surface area contributed by atoms with E-state index in [2.05, 4.69) is 50.8 Å².